The third-order valence-corrected chi connectivity index (χ3v) is 2.25. The van der Waals surface area contributed by atoms with Gasteiger partial charge in [0.15, 0.2) is 0 Å². The van der Waals surface area contributed by atoms with Gasteiger partial charge in [0.05, 0.1) is 11.9 Å². The first-order valence-electron chi connectivity index (χ1n) is 5.03. The van der Waals surface area contributed by atoms with E-state index >= 15 is 0 Å². The molecule has 2 aromatic rings. The molecule has 5 heteroatoms. The van der Waals surface area contributed by atoms with Gasteiger partial charge in [-0.15, -0.1) is 0 Å². The summed E-state index contributed by atoms with van der Waals surface area (Å²) in [5.41, 5.74) is 0.989. The van der Waals surface area contributed by atoms with Gasteiger partial charge in [-0.05, 0) is 18.2 Å². The Kier molecular flexibility index (Phi) is 3.20. The molecular formula is C12H12FN3O. The number of hydrazine groups is 1. The molecule has 0 fully saturated rings. The van der Waals surface area contributed by atoms with Crippen molar-refractivity contribution in [2.24, 2.45) is 5.84 Å². The van der Waals surface area contributed by atoms with Crippen molar-refractivity contribution in [2.75, 3.05) is 12.1 Å². The second-order valence-corrected chi connectivity index (χ2v) is 3.49. The second kappa shape index (κ2) is 4.80. The van der Waals surface area contributed by atoms with Gasteiger partial charge in [0, 0.05) is 18.7 Å². The van der Waals surface area contributed by atoms with Crippen LogP contribution in [0.25, 0.3) is 12.2 Å². The minimum atomic E-state index is -0.345. The fourth-order valence-electron chi connectivity index (χ4n) is 1.47. The lowest BCUT2D eigenvalue weighted by Crippen LogP contribution is -2.26. The van der Waals surface area contributed by atoms with E-state index in [-0.39, 0.29) is 5.82 Å². The van der Waals surface area contributed by atoms with Gasteiger partial charge in [-0.3, -0.25) is 0 Å². The fraction of sp³-hybridized carbons (Fsp3) is 0.0833. The Morgan fingerprint density at radius 1 is 1.41 bits per heavy atom. The zero-order valence-corrected chi connectivity index (χ0v) is 9.30. The quantitative estimate of drug-likeness (QED) is 0.652. The molecule has 88 valence electrons. The van der Waals surface area contributed by atoms with Crippen molar-refractivity contribution in [3.05, 3.63) is 47.9 Å². The normalized spacial score (nSPS) is 11.0. The van der Waals surface area contributed by atoms with E-state index in [0.717, 1.165) is 0 Å². The Labute approximate surface area is 98.1 Å². The molecule has 2 N–H and O–H groups in total. The first-order chi connectivity index (χ1) is 8.18. The number of rotatable bonds is 3. The van der Waals surface area contributed by atoms with Crippen molar-refractivity contribution in [3.8, 4) is 0 Å². The molecule has 1 heterocycles. The second-order valence-electron chi connectivity index (χ2n) is 3.49. The van der Waals surface area contributed by atoms with Crippen LogP contribution in [0.4, 0.5) is 10.1 Å². The Hall–Kier alpha value is -2.14. The number of nitrogens with two attached hydrogens (primary N) is 1. The number of hydrogen-bond acceptors (Lipinski definition) is 4. The monoisotopic (exact) mass is 233 g/mol. The summed E-state index contributed by atoms with van der Waals surface area (Å²) in [6, 6.07) is 4.72. The van der Waals surface area contributed by atoms with E-state index in [2.05, 4.69) is 4.98 Å². The summed E-state index contributed by atoms with van der Waals surface area (Å²) in [5, 5.41) is 1.36. The number of nitrogens with zero attached hydrogens (tertiary/aromatic N) is 2. The summed E-state index contributed by atoms with van der Waals surface area (Å²) in [5.74, 6) is 5.70. The van der Waals surface area contributed by atoms with Gasteiger partial charge in [0.1, 0.15) is 12.1 Å². The van der Waals surface area contributed by atoms with Gasteiger partial charge in [-0.2, -0.15) is 0 Å². The van der Waals surface area contributed by atoms with Gasteiger partial charge in [0.25, 0.3) is 0 Å². The molecule has 0 spiro atoms. The average Bonchev–Trinajstić information content (AvgIpc) is 2.80. The maximum atomic E-state index is 13.7. The minimum Gasteiger partial charge on any atom is -0.445 e. The van der Waals surface area contributed by atoms with Crippen LogP contribution in [0, 0.1) is 5.82 Å². The predicted octanol–water partition coefficient (Wildman–Crippen LogP) is 2.29. The molecular weight excluding hydrogens is 221 g/mol. The lowest BCUT2D eigenvalue weighted by Gasteiger charge is -2.15. The smallest absolute Gasteiger partial charge is 0.218 e. The van der Waals surface area contributed by atoms with E-state index in [1.807, 2.05) is 0 Å². The van der Waals surface area contributed by atoms with Crippen LogP contribution < -0.4 is 10.9 Å². The van der Waals surface area contributed by atoms with Crippen molar-refractivity contribution < 1.29 is 8.81 Å². The minimum absolute atomic E-state index is 0.345. The van der Waals surface area contributed by atoms with Gasteiger partial charge in [-0.25, -0.2) is 15.2 Å². The van der Waals surface area contributed by atoms with Crippen molar-refractivity contribution >= 4 is 17.8 Å². The maximum Gasteiger partial charge on any atom is 0.218 e. The molecule has 0 atom stereocenters. The Balaban J connectivity index is 2.37. The van der Waals surface area contributed by atoms with Gasteiger partial charge < -0.3 is 9.43 Å². The molecule has 1 aromatic carbocycles. The molecule has 0 bridgehead atoms. The Bertz CT molecular complexity index is 521. The highest BCUT2D eigenvalue weighted by atomic mass is 19.1. The lowest BCUT2D eigenvalue weighted by atomic mass is 10.1. The van der Waals surface area contributed by atoms with E-state index in [9.17, 15) is 4.39 Å². The topological polar surface area (TPSA) is 55.3 Å². The molecule has 4 nitrogen and oxygen atoms in total. The zero-order chi connectivity index (χ0) is 12.3. The molecule has 1 aromatic heterocycles. The standard InChI is InChI=1S/C12H12FN3O/c1-16(14)11-4-2-3-10(13)9(11)5-6-12-15-7-8-17-12/h2-8H,14H2,1H3/b6-5+. The third-order valence-electron chi connectivity index (χ3n) is 2.25. The largest absolute Gasteiger partial charge is 0.445 e. The van der Waals surface area contributed by atoms with Crippen molar-refractivity contribution in [1.82, 2.24) is 4.98 Å². The van der Waals surface area contributed by atoms with Crippen LogP contribution in [0.2, 0.25) is 0 Å². The summed E-state index contributed by atoms with van der Waals surface area (Å²) >= 11 is 0. The average molecular weight is 233 g/mol. The maximum absolute atomic E-state index is 13.7. The highest BCUT2D eigenvalue weighted by Gasteiger charge is 2.07. The summed E-state index contributed by atoms with van der Waals surface area (Å²) in [4.78, 5) is 3.91. The van der Waals surface area contributed by atoms with Crippen LogP contribution in [-0.2, 0) is 0 Å². The highest BCUT2D eigenvalue weighted by molar-refractivity contribution is 5.75. The molecule has 0 unspecified atom stereocenters. The van der Waals surface area contributed by atoms with Gasteiger partial charge in [-0.1, -0.05) is 6.07 Å². The Morgan fingerprint density at radius 3 is 2.88 bits per heavy atom. The van der Waals surface area contributed by atoms with E-state index in [1.165, 1.54) is 23.5 Å². The molecule has 0 aliphatic rings. The number of halogens is 1. The molecule has 0 aliphatic heterocycles. The number of anilines is 1. The van der Waals surface area contributed by atoms with Crippen LogP contribution in [0.15, 0.2) is 35.1 Å². The van der Waals surface area contributed by atoms with Crippen LogP contribution in [0.3, 0.4) is 0 Å². The lowest BCUT2D eigenvalue weighted by molar-refractivity contribution is 0.547. The summed E-state index contributed by atoms with van der Waals surface area (Å²) in [6.07, 6.45) is 6.15. The number of aromatic nitrogens is 1. The molecule has 0 aliphatic carbocycles. The Morgan fingerprint density at radius 2 is 2.24 bits per heavy atom. The number of oxazole rings is 1. The molecule has 0 amide bonds. The predicted molar refractivity (Wildman–Crippen MR) is 64.4 cm³/mol. The summed E-state index contributed by atoms with van der Waals surface area (Å²) in [7, 11) is 1.65. The van der Waals surface area contributed by atoms with E-state index in [1.54, 1.807) is 31.3 Å². The molecule has 0 radical (unpaired) electrons. The summed E-state index contributed by atoms with van der Waals surface area (Å²) in [6.45, 7) is 0. The van der Waals surface area contributed by atoms with Crippen molar-refractivity contribution in [2.45, 2.75) is 0 Å². The first kappa shape index (κ1) is 11.3. The van der Waals surface area contributed by atoms with E-state index in [4.69, 9.17) is 10.3 Å². The van der Waals surface area contributed by atoms with Gasteiger partial charge in [0.2, 0.25) is 5.89 Å². The fourth-order valence-corrected chi connectivity index (χ4v) is 1.47. The SMILES string of the molecule is CN(N)c1cccc(F)c1/C=C/c1ncco1. The van der Waals surface area contributed by atoms with E-state index in [0.29, 0.717) is 17.1 Å². The molecule has 2 rings (SSSR count). The number of benzene rings is 1. The van der Waals surface area contributed by atoms with Crippen molar-refractivity contribution in [1.29, 1.82) is 0 Å². The van der Waals surface area contributed by atoms with Crippen molar-refractivity contribution in [3.63, 3.8) is 0 Å². The van der Waals surface area contributed by atoms with Crippen LogP contribution in [-0.4, -0.2) is 12.0 Å². The van der Waals surface area contributed by atoms with Crippen LogP contribution in [0.5, 0.6) is 0 Å². The molecule has 0 saturated carbocycles. The van der Waals surface area contributed by atoms with E-state index < -0.39 is 0 Å². The van der Waals surface area contributed by atoms with Gasteiger partial charge >= 0.3 is 0 Å². The van der Waals surface area contributed by atoms with Crippen LogP contribution in [0.1, 0.15) is 11.5 Å². The molecule has 17 heavy (non-hydrogen) atoms. The van der Waals surface area contributed by atoms with Crippen LogP contribution >= 0.6 is 0 Å². The third kappa shape index (κ3) is 2.51. The molecule has 0 saturated heterocycles. The summed E-state index contributed by atoms with van der Waals surface area (Å²) < 4.78 is 18.7. The number of hydrogen-bond donors (Lipinski definition) is 1. The first-order valence-corrected chi connectivity index (χ1v) is 5.03. The highest BCUT2D eigenvalue weighted by Crippen LogP contribution is 2.22. The zero-order valence-electron chi connectivity index (χ0n) is 9.30.